The van der Waals surface area contributed by atoms with Crippen LogP contribution >= 0.6 is 0 Å². The molecule has 372 valence electrons. The van der Waals surface area contributed by atoms with Gasteiger partial charge in [-0.25, -0.2) is 5.43 Å². The second-order valence-corrected chi connectivity index (χ2v) is 20.9. The molecule has 15 nitrogen and oxygen atoms in total. The van der Waals surface area contributed by atoms with Gasteiger partial charge in [-0.3, -0.25) is 34.0 Å². The van der Waals surface area contributed by atoms with E-state index in [1.807, 2.05) is 46.0 Å². The fourth-order valence-electron chi connectivity index (χ4n) is 10.8. The molecule has 70 heavy (non-hydrogen) atoms. The Morgan fingerprint density at radius 1 is 1.01 bits per heavy atom. The van der Waals surface area contributed by atoms with E-state index in [0.717, 1.165) is 63.2 Å². The highest BCUT2D eigenvalue weighted by molar-refractivity contribution is 5.97. The summed E-state index contributed by atoms with van der Waals surface area (Å²) in [4.78, 5) is 80.6. The van der Waals surface area contributed by atoms with Crippen molar-refractivity contribution in [3.05, 3.63) is 77.6 Å². The Hall–Kier alpha value is -6.08. The molecule has 6 heterocycles. The maximum atomic E-state index is 14.8. The van der Waals surface area contributed by atoms with Gasteiger partial charge < -0.3 is 34.1 Å². The highest BCUT2D eigenvalue weighted by Gasteiger charge is 2.40. The van der Waals surface area contributed by atoms with Crippen molar-refractivity contribution in [3.63, 3.8) is 0 Å². The summed E-state index contributed by atoms with van der Waals surface area (Å²) in [6.07, 6.45) is 3.75. The molecule has 4 aliphatic heterocycles. The predicted octanol–water partition coefficient (Wildman–Crippen LogP) is 5.64. The summed E-state index contributed by atoms with van der Waals surface area (Å²) in [5.74, 6) is 3.38. The molecule has 4 aliphatic rings. The summed E-state index contributed by atoms with van der Waals surface area (Å²) >= 11 is 0. The molecule has 2 N–H and O–H groups in total. The van der Waals surface area contributed by atoms with Crippen molar-refractivity contribution < 1.29 is 33.4 Å². The number of nitrogens with zero attached hydrogens (tertiary/aromatic N) is 6. The minimum atomic E-state index is -1.06. The van der Waals surface area contributed by atoms with Crippen LogP contribution in [0.2, 0.25) is 0 Å². The van der Waals surface area contributed by atoms with Crippen LogP contribution in [0.25, 0.3) is 33.3 Å². The number of hydrogen-bond donors (Lipinski definition) is 2. The number of amides is 4. The van der Waals surface area contributed by atoms with Crippen molar-refractivity contribution in [1.82, 2.24) is 40.0 Å². The van der Waals surface area contributed by atoms with Crippen LogP contribution in [0.5, 0.6) is 0 Å². The second kappa shape index (κ2) is 21.1. The molecule has 3 fully saturated rings. The van der Waals surface area contributed by atoms with Crippen LogP contribution in [0.4, 0.5) is 0 Å². The van der Waals surface area contributed by atoms with Crippen LogP contribution in [0, 0.1) is 35.0 Å². The standard InChI is InChI=1S/C55H70N8O7/c1-10-62-46-20-19-39-28-42(46)43(50(62)41-16-12-23-56-48(41)35(4)69-9)29-55(5,6)33-70-54(68)44-17-13-24-63(58-44)53(67)45(27-36-14-11-15-38(39)26-36)57-51(65)49(34(2)3)60(8)52(66)40-22-25-61(32-40)47(64)21-18-37-30-59(7)31-37/h11-12,14-16,19-20,23,26,28,34-35,37,40,44-45,49,58H,10,13,17,22,24-25,27,29-33H2,1-9H3,(H,57,65)/t35-,40-,44-,45-,49?/m0/s1. The number of pyridine rings is 1. The first kappa shape index (κ1) is 50.3. The molecular weight excluding hydrogens is 885 g/mol. The first-order valence-corrected chi connectivity index (χ1v) is 25.0. The SMILES string of the molecule is CCn1c(-c2cccnc2[C@H](C)OC)c2c3cc(ccc31)-c1cccc(c1)C[C@H](NC(=O)C(C(C)C)N(C)C(=O)[C@H]1CCN(C(=O)C#CC3CN(C)C3)C1)C(=O)N1CCC[C@H](N1)C(=O)OCC(C)(C)C2. The van der Waals surface area contributed by atoms with Gasteiger partial charge in [-0.1, -0.05) is 63.9 Å². The molecule has 15 heteroatoms. The number of ether oxygens (including phenoxy) is 2. The number of esters is 1. The largest absolute Gasteiger partial charge is 0.464 e. The molecule has 0 spiro atoms. The topological polar surface area (TPSA) is 159 Å². The number of likely N-dealkylation sites (N-methyl/N-ethyl adjacent to an activating group) is 1. The molecule has 2 aromatic heterocycles. The van der Waals surface area contributed by atoms with Gasteiger partial charge in [-0.15, -0.1) is 0 Å². The molecule has 6 bridgehead atoms. The van der Waals surface area contributed by atoms with Crippen molar-refractivity contribution in [2.75, 3.05) is 60.5 Å². The van der Waals surface area contributed by atoms with Crippen LogP contribution in [0.3, 0.4) is 0 Å². The lowest BCUT2D eigenvalue weighted by atomic mass is 9.84. The maximum absolute atomic E-state index is 14.8. The molecule has 0 aliphatic carbocycles. The van der Waals surface area contributed by atoms with Crippen LogP contribution < -0.4 is 10.7 Å². The Balaban J connectivity index is 1.12. The van der Waals surface area contributed by atoms with Gasteiger partial charge in [0.15, 0.2) is 0 Å². The van der Waals surface area contributed by atoms with Gasteiger partial charge in [0.2, 0.25) is 11.8 Å². The van der Waals surface area contributed by atoms with Crippen molar-refractivity contribution in [1.29, 1.82) is 0 Å². The first-order valence-electron chi connectivity index (χ1n) is 25.0. The summed E-state index contributed by atoms with van der Waals surface area (Å²) in [6.45, 7) is 15.6. The number of nitrogens with one attached hydrogen (secondary N) is 2. The van der Waals surface area contributed by atoms with E-state index in [-0.39, 0.29) is 49.3 Å². The normalized spacial score (nSPS) is 21.8. The second-order valence-electron chi connectivity index (χ2n) is 20.9. The predicted molar refractivity (Wildman–Crippen MR) is 268 cm³/mol. The summed E-state index contributed by atoms with van der Waals surface area (Å²) in [7, 11) is 5.33. The van der Waals surface area contributed by atoms with E-state index in [9.17, 15) is 24.0 Å². The fourth-order valence-corrected chi connectivity index (χ4v) is 10.8. The van der Waals surface area contributed by atoms with Gasteiger partial charge >= 0.3 is 5.97 Å². The smallest absolute Gasteiger partial charge is 0.324 e. The minimum Gasteiger partial charge on any atom is -0.464 e. The molecule has 4 aromatic rings. The van der Waals surface area contributed by atoms with E-state index in [1.54, 1.807) is 25.3 Å². The van der Waals surface area contributed by atoms with Gasteiger partial charge in [0, 0.05) is 93.8 Å². The molecule has 3 saturated heterocycles. The van der Waals surface area contributed by atoms with Gasteiger partial charge in [-0.2, -0.15) is 0 Å². The fraction of sp³-hybridized carbons (Fsp3) is 0.527. The summed E-state index contributed by atoms with van der Waals surface area (Å²) in [5.41, 5.74) is 10.5. The molecule has 0 radical (unpaired) electrons. The number of aromatic nitrogens is 2. The molecule has 8 rings (SSSR count). The van der Waals surface area contributed by atoms with Crippen molar-refractivity contribution in [2.24, 2.45) is 23.2 Å². The van der Waals surface area contributed by atoms with Crippen LogP contribution in [-0.2, 0) is 52.8 Å². The van der Waals surface area contributed by atoms with E-state index in [1.165, 1.54) is 9.91 Å². The lowest BCUT2D eigenvalue weighted by Crippen LogP contribution is -2.62. The molecule has 2 aromatic carbocycles. The Kier molecular flexibility index (Phi) is 15.2. The zero-order valence-electron chi connectivity index (χ0n) is 42.3. The van der Waals surface area contributed by atoms with Crippen molar-refractivity contribution in [3.8, 4) is 34.2 Å². The van der Waals surface area contributed by atoms with E-state index in [4.69, 9.17) is 14.5 Å². The van der Waals surface area contributed by atoms with Crippen LogP contribution in [-0.4, -0.2) is 138 Å². The van der Waals surface area contributed by atoms with E-state index in [0.29, 0.717) is 45.3 Å². The van der Waals surface area contributed by atoms with Gasteiger partial charge in [0.25, 0.3) is 11.8 Å². The quantitative estimate of drug-likeness (QED) is 0.159. The third-order valence-electron chi connectivity index (χ3n) is 14.6. The van der Waals surface area contributed by atoms with Gasteiger partial charge in [0.05, 0.1) is 30.0 Å². The lowest BCUT2D eigenvalue weighted by molar-refractivity contribution is -0.155. The number of benzene rings is 2. The minimum absolute atomic E-state index is 0.134. The zero-order valence-corrected chi connectivity index (χ0v) is 42.3. The van der Waals surface area contributed by atoms with E-state index < -0.39 is 47.2 Å². The highest BCUT2D eigenvalue weighted by Crippen LogP contribution is 2.42. The summed E-state index contributed by atoms with van der Waals surface area (Å²) in [5, 5.41) is 5.60. The zero-order chi connectivity index (χ0) is 50.0. The molecule has 0 saturated carbocycles. The molecule has 4 amide bonds. The Morgan fingerprint density at radius 3 is 2.51 bits per heavy atom. The Morgan fingerprint density at radius 2 is 1.79 bits per heavy atom. The van der Waals surface area contributed by atoms with E-state index in [2.05, 4.69) is 89.2 Å². The first-order chi connectivity index (χ1) is 33.5. The van der Waals surface area contributed by atoms with Gasteiger partial charge in [0.1, 0.15) is 18.1 Å². The number of likely N-dealkylation sites (tertiary alicyclic amines) is 2. The monoisotopic (exact) mass is 955 g/mol. The third-order valence-corrected chi connectivity index (χ3v) is 14.6. The Bertz CT molecular complexity index is 2690. The number of aryl methyl sites for hydroxylation is 1. The maximum Gasteiger partial charge on any atom is 0.324 e. The number of hydrazine groups is 1. The summed E-state index contributed by atoms with van der Waals surface area (Å²) in [6, 6.07) is 15.9. The number of cyclic esters (lactones) is 1. The molecule has 5 atom stereocenters. The molecule has 1 unspecified atom stereocenters. The number of methoxy groups -OCH3 is 1. The highest BCUT2D eigenvalue weighted by atomic mass is 16.5. The number of carbonyl (C=O) groups is 5. The number of fused-ring (bicyclic) bond motifs is 6. The Labute approximate surface area is 412 Å². The third kappa shape index (κ3) is 10.6. The van der Waals surface area contributed by atoms with Crippen molar-refractivity contribution in [2.45, 2.75) is 104 Å². The lowest BCUT2D eigenvalue weighted by Gasteiger charge is -2.37. The average Bonchev–Trinajstić information content (AvgIpc) is 3.96. The number of carbonyl (C=O) groups excluding carboxylic acids is 5. The average molecular weight is 955 g/mol. The molecular formula is C55H70N8O7. The summed E-state index contributed by atoms with van der Waals surface area (Å²) < 4.78 is 14.3. The number of rotatable bonds is 9. The van der Waals surface area contributed by atoms with E-state index >= 15 is 0 Å². The van der Waals surface area contributed by atoms with Gasteiger partial charge in [-0.05, 0) is 105 Å². The number of hydrogen-bond acceptors (Lipinski definition) is 10. The van der Waals surface area contributed by atoms with Crippen molar-refractivity contribution >= 4 is 40.5 Å². The van der Waals surface area contributed by atoms with Crippen LogP contribution in [0.1, 0.15) is 83.7 Å². The van der Waals surface area contributed by atoms with Crippen LogP contribution in [0.15, 0.2) is 60.8 Å².